The van der Waals surface area contributed by atoms with E-state index in [9.17, 15) is 9.59 Å². The Morgan fingerprint density at radius 3 is 2.44 bits per heavy atom. The lowest BCUT2D eigenvalue weighted by molar-refractivity contribution is 0.257. The maximum atomic E-state index is 13.3. The second kappa shape index (κ2) is 10.5. The van der Waals surface area contributed by atoms with Gasteiger partial charge in [-0.3, -0.25) is 14.1 Å². The zero-order valence-corrected chi connectivity index (χ0v) is 21.3. The number of rotatable bonds is 7. The van der Waals surface area contributed by atoms with Crippen LogP contribution in [0.2, 0.25) is 4.34 Å². The minimum absolute atomic E-state index is 0.0929. The summed E-state index contributed by atoms with van der Waals surface area (Å²) in [5.41, 5.74) is 3.25. The van der Waals surface area contributed by atoms with Crippen LogP contribution in [0.4, 0.5) is 16.2 Å². The number of nitrogens with zero attached hydrogens (tertiary/aromatic N) is 2. The lowest BCUT2D eigenvalue weighted by Crippen LogP contribution is -2.23. The molecule has 176 valence electrons. The molecule has 7 nitrogen and oxygen atoms in total. The van der Waals surface area contributed by atoms with Crippen LogP contribution < -0.4 is 20.9 Å². The van der Waals surface area contributed by atoms with E-state index in [0.717, 1.165) is 26.5 Å². The van der Waals surface area contributed by atoms with Crippen LogP contribution in [0.5, 0.6) is 0 Å². The molecule has 0 spiro atoms. The van der Waals surface area contributed by atoms with Gasteiger partial charge in [-0.15, -0.1) is 11.3 Å². The van der Waals surface area contributed by atoms with Crippen molar-refractivity contribution in [2.75, 3.05) is 31.8 Å². The molecule has 4 aromatic rings. The van der Waals surface area contributed by atoms with E-state index in [1.807, 2.05) is 63.7 Å². The van der Waals surface area contributed by atoms with Crippen molar-refractivity contribution >= 4 is 63.1 Å². The topological polar surface area (TPSA) is 78.4 Å². The Morgan fingerprint density at radius 1 is 1.06 bits per heavy atom. The molecule has 0 aliphatic heterocycles. The van der Waals surface area contributed by atoms with Crippen molar-refractivity contribution in [2.24, 2.45) is 0 Å². The van der Waals surface area contributed by atoms with Gasteiger partial charge < -0.3 is 15.5 Å². The molecule has 2 aromatic heterocycles. The number of aromatic nitrogens is 1. The van der Waals surface area contributed by atoms with Crippen LogP contribution in [0.25, 0.3) is 16.5 Å². The molecule has 0 saturated heterocycles. The molecule has 2 aromatic carbocycles. The largest absolute Gasteiger partial charge is 0.388 e. The fourth-order valence-electron chi connectivity index (χ4n) is 3.54. The third-order valence-electron chi connectivity index (χ3n) is 5.07. The van der Waals surface area contributed by atoms with Crippen molar-refractivity contribution in [1.29, 1.82) is 0 Å². The minimum Gasteiger partial charge on any atom is -0.388 e. The molecule has 0 aliphatic carbocycles. The van der Waals surface area contributed by atoms with E-state index in [0.29, 0.717) is 22.0 Å². The first-order chi connectivity index (χ1) is 16.3. The number of nitrogens with one attached hydrogen (secondary N) is 3. The molecule has 0 radical (unpaired) electrons. The molecular formula is C24H24ClN5O2S2. The molecule has 0 fully saturated rings. The van der Waals surface area contributed by atoms with Crippen LogP contribution in [0.15, 0.2) is 69.8 Å². The molecular weight excluding hydrogens is 490 g/mol. The number of halogens is 1. The number of amides is 2. The fraction of sp³-hybridized carbons (Fsp3) is 0.167. The summed E-state index contributed by atoms with van der Waals surface area (Å²) in [6.07, 6.45) is 1.89. The average Bonchev–Trinajstić information content (AvgIpc) is 3.24. The number of benzene rings is 2. The summed E-state index contributed by atoms with van der Waals surface area (Å²) in [5.74, 6) is 0. The first-order valence-corrected chi connectivity index (χ1v) is 12.5. The smallest absolute Gasteiger partial charge is 0.329 e. The summed E-state index contributed by atoms with van der Waals surface area (Å²) >= 11 is 8.50. The highest BCUT2D eigenvalue weighted by atomic mass is 35.5. The van der Waals surface area contributed by atoms with Crippen molar-refractivity contribution in [3.8, 4) is 5.69 Å². The van der Waals surface area contributed by atoms with Gasteiger partial charge in [-0.25, -0.2) is 4.79 Å². The SMILES string of the molecule is CNc1ccc2c(=O)n(-c3ccc(NC(=O)NSc4ccc(Cl)s4)cc3)cc(CN(C)C)c2c1. The second-order valence-electron chi connectivity index (χ2n) is 7.84. The van der Waals surface area contributed by atoms with Gasteiger partial charge in [0.2, 0.25) is 0 Å². The number of anilines is 2. The quantitative estimate of drug-likeness (QED) is 0.279. The van der Waals surface area contributed by atoms with Crippen molar-refractivity contribution in [2.45, 2.75) is 10.8 Å². The number of carbonyl (C=O) groups is 1. The van der Waals surface area contributed by atoms with Gasteiger partial charge in [0.15, 0.2) is 0 Å². The first-order valence-electron chi connectivity index (χ1n) is 10.4. The predicted octanol–water partition coefficient (Wildman–Crippen LogP) is 5.64. The van der Waals surface area contributed by atoms with Crippen LogP contribution in [0, 0.1) is 0 Å². The Morgan fingerprint density at radius 2 is 1.79 bits per heavy atom. The Hall–Kier alpha value is -2.98. The number of hydrogen-bond donors (Lipinski definition) is 3. The molecule has 3 N–H and O–H groups in total. The lowest BCUT2D eigenvalue weighted by atomic mass is 10.1. The van der Waals surface area contributed by atoms with Gasteiger partial charge in [0.25, 0.3) is 5.56 Å². The van der Waals surface area contributed by atoms with Crippen LogP contribution in [-0.4, -0.2) is 36.6 Å². The van der Waals surface area contributed by atoms with Crippen molar-refractivity contribution in [3.05, 3.63) is 81.0 Å². The maximum Gasteiger partial charge on any atom is 0.329 e. The van der Waals surface area contributed by atoms with Gasteiger partial charge in [-0.1, -0.05) is 11.6 Å². The number of thiophene rings is 1. The lowest BCUT2D eigenvalue weighted by Gasteiger charge is -2.16. The summed E-state index contributed by atoms with van der Waals surface area (Å²) < 4.78 is 5.94. The molecule has 4 rings (SSSR count). The normalized spacial score (nSPS) is 11.1. The second-order valence-corrected chi connectivity index (χ2v) is 10.7. The highest BCUT2D eigenvalue weighted by Gasteiger charge is 2.12. The van der Waals surface area contributed by atoms with E-state index >= 15 is 0 Å². The first kappa shape index (κ1) is 24.2. The highest BCUT2D eigenvalue weighted by Crippen LogP contribution is 2.28. The van der Waals surface area contributed by atoms with Crippen LogP contribution in [0.1, 0.15) is 5.56 Å². The third kappa shape index (κ3) is 5.56. The third-order valence-corrected chi connectivity index (χ3v) is 7.22. The summed E-state index contributed by atoms with van der Waals surface area (Å²) in [5, 5.41) is 7.52. The van der Waals surface area contributed by atoms with Crippen molar-refractivity contribution < 1.29 is 4.79 Å². The number of urea groups is 1. The number of fused-ring (bicyclic) bond motifs is 1. The Bertz CT molecular complexity index is 1380. The zero-order valence-electron chi connectivity index (χ0n) is 18.9. The van der Waals surface area contributed by atoms with Gasteiger partial charge in [-0.05, 0) is 91.6 Å². The highest BCUT2D eigenvalue weighted by molar-refractivity contribution is 7.99. The van der Waals surface area contributed by atoms with Gasteiger partial charge >= 0.3 is 6.03 Å². The molecule has 0 bridgehead atoms. The van der Waals surface area contributed by atoms with E-state index in [2.05, 4.69) is 20.3 Å². The standard InChI is InChI=1S/C24H24ClN5O2S2/c1-26-17-6-9-19-20(12-17)15(13-29(2)3)14-30(23(19)31)18-7-4-16(5-8-18)27-24(32)28-34-22-11-10-21(25)33-22/h4-12,14,26H,13H2,1-3H3,(H2,27,28,32). The van der Waals surface area contributed by atoms with E-state index in [1.54, 1.807) is 22.8 Å². The fourth-order valence-corrected chi connectivity index (χ4v) is 5.39. The van der Waals surface area contributed by atoms with Gasteiger partial charge in [0, 0.05) is 42.2 Å². The minimum atomic E-state index is -0.348. The number of hydrogen-bond acceptors (Lipinski definition) is 6. The maximum absolute atomic E-state index is 13.3. The number of pyridine rings is 1. The van der Waals surface area contributed by atoms with Gasteiger partial charge in [0.05, 0.1) is 8.55 Å². The molecule has 0 aliphatic rings. The molecule has 2 amide bonds. The van der Waals surface area contributed by atoms with Crippen LogP contribution >= 0.6 is 34.9 Å². The molecule has 0 atom stereocenters. The molecule has 34 heavy (non-hydrogen) atoms. The van der Waals surface area contributed by atoms with E-state index in [-0.39, 0.29) is 11.6 Å². The summed E-state index contributed by atoms with van der Waals surface area (Å²) in [6, 6.07) is 16.2. The molecule has 10 heteroatoms. The van der Waals surface area contributed by atoms with Crippen LogP contribution in [0.3, 0.4) is 0 Å². The summed E-state index contributed by atoms with van der Waals surface area (Å²) in [4.78, 5) is 27.6. The summed E-state index contributed by atoms with van der Waals surface area (Å²) in [7, 11) is 5.86. The molecule has 0 saturated carbocycles. The predicted molar refractivity (Wildman–Crippen MR) is 144 cm³/mol. The van der Waals surface area contributed by atoms with Crippen molar-refractivity contribution in [1.82, 2.24) is 14.2 Å². The van der Waals surface area contributed by atoms with Crippen LogP contribution in [-0.2, 0) is 6.54 Å². The zero-order chi connectivity index (χ0) is 24.2. The molecule has 0 unspecified atom stereocenters. The van der Waals surface area contributed by atoms with E-state index in [1.165, 1.54) is 23.3 Å². The Labute approximate surface area is 210 Å². The Balaban J connectivity index is 1.57. The van der Waals surface area contributed by atoms with Gasteiger partial charge in [-0.2, -0.15) is 0 Å². The average molecular weight is 514 g/mol. The monoisotopic (exact) mass is 513 g/mol. The van der Waals surface area contributed by atoms with E-state index < -0.39 is 0 Å². The summed E-state index contributed by atoms with van der Waals surface area (Å²) in [6.45, 7) is 0.691. The van der Waals surface area contributed by atoms with E-state index in [4.69, 9.17) is 11.6 Å². The molecule has 2 heterocycles. The Kier molecular flexibility index (Phi) is 7.47. The van der Waals surface area contributed by atoms with Crippen molar-refractivity contribution in [3.63, 3.8) is 0 Å². The van der Waals surface area contributed by atoms with Gasteiger partial charge in [0.1, 0.15) is 0 Å². The number of carbonyl (C=O) groups excluding carboxylic acids is 1.